The summed E-state index contributed by atoms with van der Waals surface area (Å²) in [5.41, 5.74) is 0.904. The van der Waals surface area contributed by atoms with Crippen molar-refractivity contribution in [3.8, 4) is 0 Å². The number of fused-ring (bicyclic) bond motifs is 1. The predicted octanol–water partition coefficient (Wildman–Crippen LogP) is 2.29. The van der Waals surface area contributed by atoms with Gasteiger partial charge in [0.15, 0.2) is 0 Å². The third-order valence-electron chi connectivity index (χ3n) is 4.73. The summed E-state index contributed by atoms with van der Waals surface area (Å²) >= 11 is 0. The summed E-state index contributed by atoms with van der Waals surface area (Å²) in [4.78, 5) is 12.6. The molecule has 0 unspecified atom stereocenters. The van der Waals surface area contributed by atoms with Crippen LogP contribution in [0.1, 0.15) is 24.3 Å². The van der Waals surface area contributed by atoms with E-state index < -0.39 is 12.2 Å². The molecule has 0 spiro atoms. The number of aliphatic hydroxyl groups excluding tert-OH is 1. The molecule has 1 aliphatic carbocycles. The maximum atomic E-state index is 13.0. The van der Waals surface area contributed by atoms with Crippen molar-refractivity contribution >= 4 is 6.09 Å². The van der Waals surface area contributed by atoms with Gasteiger partial charge in [-0.2, -0.15) is 0 Å². The van der Waals surface area contributed by atoms with Crippen molar-refractivity contribution < 1.29 is 19.4 Å². The van der Waals surface area contributed by atoms with Crippen LogP contribution in [-0.4, -0.2) is 40.4 Å². The monoisotopic (exact) mass is 279 g/mol. The number of nitrogens with zero attached hydrogens (tertiary/aromatic N) is 1. The number of likely N-dealkylation sites (tertiary alicyclic amines) is 1. The highest BCUT2D eigenvalue weighted by atomic mass is 19.1. The van der Waals surface area contributed by atoms with Gasteiger partial charge >= 0.3 is 6.09 Å². The number of aliphatic hydroxyl groups is 1. The van der Waals surface area contributed by atoms with Crippen LogP contribution in [0, 0.1) is 17.7 Å². The van der Waals surface area contributed by atoms with Crippen LogP contribution < -0.4 is 0 Å². The van der Waals surface area contributed by atoms with Gasteiger partial charge in [0.25, 0.3) is 0 Å². The highest BCUT2D eigenvalue weighted by Crippen LogP contribution is 2.45. The second-order valence-electron chi connectivity index (χ2n) is 5.83. The molecule has 1 saturated carbocycles. The fourth-order valence-electron chi connectivity index (χ4n) is 3.77. The molecule has 2 aliphatic rings. The second-order valence-corrected chi connectivity index (χ2v) is 5.83. The summed E-state index contributed by atoms with van der Waals surface area (Å²) < 4.78 is 13.0. The second kappa shape index (κ2) is 5.05. The first-order valence-electron chi connectivity index (χ1n) is 6.97. The highest BCUT2D eigenvalue weighted by Gasteiger charge is 2.45. The zero-order chi connectivity index (χ0) is 14.3. The van der Waals surface area contributed by atoms with Gasteiger partial charge in [-0.1, -0.05) is 12.1 Å². The largest absolute Gasteiger partial charge is 0.465 e. The summed E-state index contributed by atoms with van der Waals surface area (Å²) in [5, 5.41) is 19.4. The topological polar surface area (TPSA) is 60.8 Å². The minimum absolute atomic E-state index is 0.0984. The lowest BCUT2D eigenvalue weighted by atomic mass is 9.69. The average molecular weight is 279 g/mol. The summed E-state index contributed by atoms with van der Waals surface area (Å²) in [6, 6.07) is 6.20. The molecular weight excluding hydrogens is 261 g/mol. The van der Waals surface area contributed by atoms with Crippen molar-refractivity contribution in [1.29, 1.82) is 0 Å². The van der Waals surface area contributed by atoms with Crippen LogP contribution in [0.2, 0.25) is 0 Å². The molecule has 1 aromatic rings. The number of hydrogen-bond donors (Lipinski definition) is 2. The van der Waals surface area contributed by atoms with E-state index in [2.05, 4.69) is 0 Å². The zero-order valence-corrected chi connectivity index (χ0v) is 11.1. The molecule has 4 atom stereocenters. The van der Waals surface area contributed by atoms with Crippen LogP contribution in [0.25, 0.3) is 0 Å². The number of halogens is 1. The van der Waals surface area contributed by atoms with E-state index in [-0.39, 0.29) is 17.7 Å². The molecule has 5 heteroatoms. The predicted molar refractivity (Wildman–Crippen MR) is 71.0 cm³/mol. The van der Waals surface area contributed by atoms with Crippen molar-refractivity contribution in [3.63, 3.8) is 0 Å². The molecule has 2 N–H and O–H groups in total. The molecule has 1 aromatic carbocycles. The van der Waals surface area contributed by atoms with Crippen LogP contribution in [0.4, 0.5) is 9.18 Å². The molecule has 0 aromatic heterocycles. The molecule has 20 heavy (non-hydrogen) atoms. The van der Waals surface area contributed by atoms with Gasteiger partial charge in [-0.3, -0.25) is 0 Å². The standard InChI is InChI=1S/C15H18FNO3/c16-11-4-1-9(2-5-11)14-12-8-17(15(19)20)7-10(12)3-6-13(14)18/h1-2,4-5,10,12-14,18H,3,6-8H2,(H,19,20)/t10-,12+,13-,14-/m1/s1. The highest BCUT2D eigenvalue weighted by molar-refractivity contribution is 5.65. The Morgan fingerprint density at radius 3 is 2.55 bits per heavy atom. The normalized spacial score (nSPS) is 33.0. The molecule has 1 saturated heterocycles. The van der Waals surface area contributed by atoms with Gasteiger partial charge in [-0.05, 0) is 42.4 Å². The van der Waals surface area contributed by atoms with Gasteiger partial charge in [0, 0.05) is 19.0 Å². The number of carbonyl (C=O) groups is 1. The Balaban J connectivity index is 1.88. The van der Waals surface area contributed by atoms with Crippen LogP contribution >= 0.6 is 0 Å². The van der Waals surface area contributed by atoms with E-state index in [9.17, 15) is 14.3 Å². The molecule has 1 amide bonds. The Bertz CT molecular complexity index is 504. The lowest BCUT2D eigenvalue weighted by Crippen LogP contribution is -2.35. The molecule has 2 fully saturated rings. The maximum absolute atomic E-state index is 13.0. The maximum Gasteiger partial charge on any atom is 0.407 e. The summed E-state index contributed by atoms with van der Waals surface area (Å²) in [6.45, 7) is 1.00. The van der Waals surface area contributed by atoms with Gasteiger partial charge in [0.1, 0.15) is 5.82 Å². The van der Waals surface area contributed by atoms with Gasteiger partial charge in [-0.15, -0.1) is 0 Å². The molecule has 1 heterocycles. The lowest BCUT2D eigenvalue weighted by molar-refractivity contribution is 0.0590. The minimum atomic E-state index is -0.897. The quantitative estimate of drug-likeness (QED) is 0.829. The fourth-order valence-corrected chi connectivity index (χ4v) is 3.77. The zero-order valence-electron chi connectivity index (χ0n) is 11.1. The van der Waals surface area contributed by atoms with Crippen molar-refractivity contribution in [2.75, 3.05) is 13.1 Å². The summed E-state index contributed by atoms with van der Waals surface area (Å²) in [6.07, 6.45) is 0.159. The van der Waals surface area contributed by atoms with E-state index in [1.54, 1.807) is 12.1 Å². The fraction of sp³-hybridized carbons (Fsp3) is 0.533. The molecule has 108 valence electrons. The van der Waals surface area contributed by atoms with Gasteiger partial charge in [0.05, 0.1) is 6.10 Å². The SMILES string of the molecule is O=C(O)N1C[C@H]2CC[C@@H](O)[C@H](c3ccc(F)cc3)[C@H]2C1. The Morgan fingerprint density at radius 2 is 1.90 bits per heavy atom. The molecule has 0 radical (unpaired) electrons. The van der Waals surface area contributed by atoms with Crippen molar-refractivity contribution in [2.24, 2.45) is 11.8 Å². The number of carboxylic acid groups (broad SMARTS) is 1. The third kappa shape index (κ3) is 2.26. The Hall–Kier alpha value is -1.62. The smallest absolute Gasteiger partial charge is 0.407 e. The average Bonchev–Trinajstić information content (AvgIpc) is 2.84. The van der Waals surface area contributed by atoms with Gasteiger partial charge in [0.2, 0.25) is 0 Å². The first-order valence-corrected chi connectivity index (χ1v) is 6.97. The Labute approximate surface area is 116 Å². The minimum Gasteiger partial charge on any atom is -0.465 e. The number of amides is 1. The summed E-state index contributed by atoms with van der Waals surface area (Å²) in [7, 11) is 0. The van der Waals surface area contributed by atoms with E-state index in [4.69, 9.17) is 5.11 Å². The van der Waals surface area contributed by atoms with E-state index in [0.717, 1.165) is 12.0 Å². The van der Waals surface area contributed by atoms with E-state index >= 15 is 0 Å². The summed E-state index contributed by atoms with van der Waals surface area (Å²) in [5.74, 6) is 0.0257. The van der Waals surface area contributed by atoms with Crippen molar-refractivity contribution in [3.05, 3.63) is 35.6 Å². The van der Waals surface area contributed by atoms with Gasteiger partial charge < -0.3 is 15.1 Å². The lowest BCUT2D eigenvalue weighted by Gasteiger charge is -2.37. The van der Waals surface area contributed by atoms with Crippen LogP contribution in [0.15, 0.2) is 24.3 Å². The van der Waals surface area contributed by atoms with E-state index in [1.807, 2.05) is 0 Å². The van der Waals surface area contributed by atoms with Crippen LogP contribution in [-0.2, 0) is 0 Å². The molecule has 3 rings (SSSR count). The number of benzene rings is 1. The van der Waals surface area contributed by atoms with Crippen LogP contribution in [0.3, 0.4) is 0 Å². The molecule has 1 aliphatic heterocycles. The molecular formula is C15H18FNO3. The first kappa shape index (κ1) is 13.4. The molecule has 0 bridgehead atoms. The Kier molecular flexibility index (Phi) is 3.38. The van der Waals surface area contributed by atoms with Gasteiger partial charge in [-0.25, -0.2) is 9.18 Å². The van der Waals surface area contributed by atoms with E-state index in [0.29, 0.717) is 25.4 Å². The van der Waals surface area contributed by atoms with Crippen molar-refractivity contribution in [1.82, 2.24) is 4.90 Å². The molecule has 4 nitrogen and oxygen atoms in total. The van der Waals surface area contributed by atoms with Crippen LogP contribution in [0.5, 0.6) is 0 Å². The first-order chi connectivity index (χ1) is 9.56. The van der Waals surface area contributed by atoms with E-state index in [1.165, 1.54) is 17.0 Å². The Morgan fingerprint density at radius 1 is 1.20 bits per heavy atom. The number of hydrogen-bond acceptors (Lipinski definition) is 2. The number of rotatable bonds is 1. The van der Waals surface area contributed by atoms with Crippen molar-refractivity contribution in [2.45, 2.75) is 24.9 Å². The third-order valence-corrected chi connectivity index (χ3v) is 4.73.